The van der Waals surface area contributed by atoms with E-state index in [1.807, 2.05) is 6.07 Å². The fourth-order valence-corrected chi connectivity index (χ4v) is 1.29. The molecule has 0 radical (unpaired) electrons. The largest absolute Gasteiger partial charge is 0.344 e. The summed E-state index contributed by atoms with van der Waals surface area (Å²) >= 11 is 5.71. The smallest absolute Gasteiger partial charge is 0.0476 e. The van der Waals surface area contributed by atoms with Gasteiger partial charge >= 0.3 is 0 Å². The molecule has 62 valence electrons. The molecule has 0 heterocycles. The minimum Gasteiger partial charge on any atom is -0.344 e. The lowest BCUT2D eigenvalue weighted by Gasteiger charge is -2.01. The zero-order valence-electron chi connectivity index (χ0n) is 6.81. The van der Waals surface area contributed by atoms with Crippen LogP contribution in [0.1, 0.15) is 18.1 Å². The zero-order chi connectivity index (χ0) is 7.40. The third-order valence-corrected chi connectivity index (χ3v) is 1.93. The molecule has 0 unspecified atom stereocenters. The van der Waals surface area contributed by atoms with Crippen LogP contribution in [0.2, 0.25) is 0 Å². The Balaban J connectivity index is 0.000001000. The van der Waals surface area contributed by atoms with E-state index >= 15 is 0 Å². The summed E-state index contributed by atoms with van der Waals surface area (Å²) < 4.78 is 0. The molecule has 1 rings (SSSR count). The van der Waals surface area contributed by atoms with Crippen LogP contribution in [0, 0.1) is 0 Å². The van der Waals surface area contributed by atoms with Crippen molar-refractivity contribution in [2.24, 2.45) is 0 Å². The normalized spacial score (nSPS) is 8.91. The van der Waals surface area contributed by atoms with Crippen molar-refractivity contribution in [3.05, 3.63) is 35.4 Å². The molecule has 1 nitrogen and oxygen atoms in total. The van der Waals surface area contributed by atoms with Gasteiger partial charge in [0, 0.05) is 5.88 Å². The van der Waals surface area contributed by atoms with Crippen molar-refractivity contribution >= 4 is 11.6 Å². The Morgan fingerprint density at radius 3 is 2.09 bits per heavy atom. The maximum absolute atomic E-state index is 5.71. The van der Waals surface area contributed by atoms with E-state index < -0.39 is 0 Å². The number of benzene rings is 1. The van der Waals surface area contributed by atoms with Crippen LogP contribution in [0.15, 0.2) is 24.3 Å². The summed E-state index contributed by atoms with van der Waals surface area (Å²) in [6, 6.07) is 8.27. The van der Waals surface area contributed by atoms with Gasteiger partial charge in [-0.3, -0.25) is 0 Å². The van der Waals surface area contributed by atoms with E-state index in [9.17, 15) is 0 Å². The minimum absolute atomic E-state index is 0. The fourth-order valence-electron chi connectivity index (χ4n) is 1.03. The third kappa shape index (κ3) is 2.52. The maximum Gasteiger partial charge on any atom is 0.0476 e. The Morgan fingerprint density at radius 1 is 1.18 bits per heavy atom. The van der Waals surface area contributed by atoms with E-state index in [1.165, 1.54) is 11.1 Å². The number of aryl methyl sites for hydroxylation is 1. The summed E-state index contributed by atoms with van der Waals surface area (Å²) in [4.78, 5) is 0. The van der Waals surface area contributed by atoms with Gasteiger partial charge in [0.2, 0.25) is 0 Å². The molecule has 1 aromatic rings. The molecule has 0 aliphatic carbocycles. The summed E-state index contributed by atoms with van der Waals surface area (Å²) in [6.07, 6.45) is 1.07. The van der Waals surface area contributed by atoms with E-state index in [1.54, 1.807) is 0 Å². The van der Waals surface area contributed by atoms with Crippen molar-refractivity contribution < 1.29 is 0 Å². The lowest BCUT2D eigenvalue weighted by atomic mass is 10.1. The number of halogens is 1. The molecule has 0 spiro atoms. The SMILES string of the molecule is CCc1ccccc1CCl.N. The summed E-state index contributed by atoms with van der Waals surface area (Å²) in [5, 5.41) is 0. The zero-order valence-corrected chi connectivity index (χ0v) is 7.56. The lowest BCUT2D eigenvalue weighted by molar-refractivity contribution is 1.10. The maximum atomic E-state index is 5.71. The van der Waals surface area contributed by atoms with Gasteiger partial charge < -0.3 is 6.15 Å². The van der Waals surface area contributed by atoms with E-state index in [2.05, 4.69) is 25.1 Å². The van der Waals surface area contributed by atoms with Crippen LogP contribution in [-0.4, -0.2) is 0 Å². The first-order chi connectivity index (χ1) is 4.88. The highest BCUT2D eigenvalue weighted by Crippen LogP contribution is 2.11. The van der Waals surface area contributed by atoms with Gasteiger partial charge in [-0.2, -0.15) is 0 Å². The Labute approximate surface area is 73.0 Å². The van der Waals surface area contributed by atoms with E-state index in [-0.39, 0.29) is 6.15 Å². The van der Waals surface area contributed by atoms with Crippen molar-refractivity contribution in [3.63, 3.8) is 0 Å². The van der Waals surface area contributed by atoms with Gasteiger partial charge in [0.15, 0.2) is 0 Å². The predicted molar refractivity (Wildman–Crippen MR) is 50.4 cm³/mol. The van der Waals surface area contributed by atoms with Gasteiger partial charge in [-0.05, 0) is 17.5 Å². The van der Waals surface area contributed by atoms with E-state index in [4.69, 9.17) is 11.6 Å². The Bertz CT molecular complexity index is 187. The molecule has 0 aliphatic rings. The quantitative estimate of drug-likeness (QED) is 0.682. The lowest BCUT2D eigenvalue weighted by Crippen LogP contribution is -1.86. The van der Waals surface area contributed by atoms with Gasteiger partial charge in [-0.1, -0.05) is 31.2 Å². The number of alkyl halides is 1. The molecule has 0 amide bonds. The molecule has 2 heteroatoms. The fraction of sp³-hybridized carbons (Fsp3) is 0.333. The molecular formula is C9H14ClN. The molecule has 0 saturated carbocycles. The summed E-state index contributed by atoms with van der Waals surface area (Å²) in [6.45, 7) is 2.14. The van der Waals surface area contributed by atoms with Crippen LogP contribution in [0.25, 0.3) is 0 Å². The van der Waals surface area contributed by atoms with Crippen molar-refractivity contribution in [2.45, 2.75) is 19.2 Å². The van der Waals surface area contributed by atoms with E-state index in [0.29, 0.717) is 5.88 Å². The molecule has 0 aliphatic heterocycles. The average molecular weight is 172 g/mol. The highest BCUT2D eigenvalue weighted by atomic mass is 35.5. The Morgan fingerprint density at radius 2 is 1.73 bits per heavy atom. The molecular weight excluding hydrogens is 158 g/mol. The van der Waals surface area contributed by atoms with Crippen molar-refractivity contribution in [2.75, 3.05) is 0 Å². The molecule has 3 N–H and O–H groups in total. The minimum atomic E-state index is 0. The standard InChI is InChI=1S/C9H11Cl.H3N/c1-2-8-5-3-4-6-9(8)7-10;/h3-6H,2,7H2,1H3;1H3. The molecule has 0 bridgehead atoms. The van der Waals surface area contributed by atoms with Crippen LogP contribution in [-0.2, 0) is 12.3 Å². The van der Waals surface area contributed by atoms with Gasteiger partial charge in [0.05, 0.1) is 0 Å². The monoisotopic (exact) mass is 171 g/mol. The van der Waals surface area contributed by atoms with Crippen LogP contribution in [0.3, 0.4) is 0 Å². The van der Waals surface area contributed by atoms with Crippen molar-refractivity contribution in [3.8, 4) is 0 Å². The predicted octanol–water partition coefficient (Wildman–Crippen LogP) is 3.15. The number of rotatable bonds is 2. The second-order valence-electron chi connectivity index (χ2n) is 2.26. The summed E-state index contributed by atoms with van der Waals surface area (Å²) in [5.41, 5.74) is 2.61. The Hall–Kier alpha value is -0.530. The molecule has 0 aromatic heterocycles. The molecule has 1 aromatic carbocycles. The topological polar surface area (TPSA) is 35.0 Å². The first-order valence-electron chi connectivity index (χ1n) is 3.51. The molecule has 0 atom stereocenters. The van der Waals surface area contributed by atoms with E-state index in [0.717, 1.165) is 6.42 Å². The van der Waals surface area contributed by atoms with Crippen molar-refractivity contribution in [1.82, 2.24) is 6.15 Å². The summed E-state index contributed by atoms with van der Waals surface area (Å²) in [5.74, 6) is 0.629. The van der Waals surface area contributed by atoms with Gasteiger partial charge in [-0.15, -0.1) is 11.6 Å². The average Bonchev–Trinajstić information content (AvgIpc) is 2.04. The van der Waals surface area contributed by atoms with Gasteiger partial charge in [0.1, 0.15) is 0 Å². The Kier molecular flexibility index (Phi) is 4.92. The van der Waals surface area contributed by atoms with Gasteiger partial charge in [-0.25, -0.2) is 0 Å². The molecule has 0 saturated heterocycles. The summed E-state index contributed by atoms with van der Waals surface area (Å²) in [7, 11) is 0. The second kappa shape index (κ2) is 5.16. The highest BCUT2D eigenvalue weighted by Gasteiger charge is 1.95. The van der Waals surface area contributed by atoms with Crippen LogP contribution < -0.4 is 6.15 Å². The molecule has 0 fully saturated rings. The van der Waals surface area contributed by atoms with Crippen LogP contribution >= 0.6 is 11.6 Å². The first kappa shape index (κ1) is 10.5. The highest BCUT2D eigenvalue weighted by molar-refractivity contribution is 6.17. The third-order valence-electron chi connectivity index (χ3n) is 1.64. The van der Waals surface area contributed by atoms with Crippen LogP contribution in [0.5, 0.6) is 0 Å². The molecule has 11 heavy (non-hydrogen) atoms. The number of hydrogen-bond donors (Lipinski definition) is 1. The van der Waals surface area contributed by atoms with Gasteiger partial charge in [0.25, 0.3) is 0 Å². The van der Waals surface area contributed by atoms with Crippen LogP contribution in [0.4, 0.5) is 0 Å². The van der Waals surface area contributed by atoms with Crippen molar-refractivity contribution in [1.29, 1.82) is 0 Å². The second-order valence-corrected chi connectivity index (χ2v) is 2.52. The first-order valence-corrected chi connectivity index (χ1v) is 4.04. The number of hydrogen-bond acceptors (Lipinski definition) is 1.